The minimum absolute atomic E-state index is 0.0493. The van der Waals surface area contributed by atoms with Crippen LogP contribution in [0, 0.1) is 6.92 Å². The molecule has 2 atom stereocenters. The molecule has 2 N–H and O–H groups in total. The molecule has 2 aliphatic rings. The van der Waals surface area contributed by atoms with Crippen LogP contribution in [0.3, 0.4) is 0 Å². The van der Waals surface area contributed by atoms with E-state index in [4.69, 9.17) is 4.74 Å². The smallest absolute Gasteiger partial charge is 0.263 e. The minimum atomic E-state index is -2.53. The fourth-order valence-corrected chi connectivity index (χ4v) is 4.40. The van der Waals surface area contributed by atoms with E-state index in [1.807, 2.05) is 11.8 Å². The molecule has 1 fully saturated rings. The average Bonchev–Trinajstić information content (AvgIpc) is 3.24. The van der Waals surface area contributed by atoms with Crippen molar-refractivity contribution in [1.82, 2.24) is 15.3 Å². The predicted molar refractivity (Wildman–Crippen MR) is 144 cm³/mol. The topological polar surface area (TPSA) is 86.5 Å². The number of aryl methyl sites for hydroxylation is 1. The summed E-state index contributed by atoms with van der Waals surface area (Å²) in [6.07, 6.45) is 0.862. The van der Waals surface area contributed by atoms with Crippen LogP contribution in [0.4, 0.5) is 24.5 Å². The third kappa shape index (κ3) is 7.53. The number of hydrogen-bond donors (Lipinski definition) is 2. The molecule has 0 bridgehead atoms. The van der Waals surface area contributed by atoms with Gasteiger partial charge >= 0.3 is 0 Å². The monoisotopic (exact) mass is 529 g/mol. The number of aromatic nitrogens is 1. The number of rotatable bonds is 7. The van der Waals surface area contributed by atoms with Crippen molar-refractivity contribution in [2.75, 3.05) is 31.6 Å². The van der Waals surface area contributed by atoms with Crippen molar-refractivity contribution in [3.8, 4) is 0 Å². The second-order valence-corrected chi connectivity index (χ2v) is 9.30. The van der Waals surface area contributed by atoms with Crippen LogP contribution in [0.5, 0.6) is 0 Å². The fourth-order valence-electron chi connectivity index (χ4n) is 4.40. The second kappa shape index (κ2) is 13.4. The predicted octanol–water partition coefficient (Wildman–Crippen LogP) is 5.38. The Hall–Kier alpha value is -3.47. The van der Waals surface area contributed by atoms with Crippen LogP contribution in [0.1, 0.15) is 56.0 Å². The van der Waals surface area contributed by atoms with Gasteiger partial charge in [0.1, 0.15) is 5.84 Å². The number of aliphatic imine (C=N–C) groups is 2. The summed E-state index contributed by atoms with van der Waals surface area (Å²) in [5.41, 5.74) is 5.28. The first-order valence-electron chi connectivity index (χ1n) is 13.0. The summed E-state index contributed by atoms with van der Waals surface area (Å²) in [5, 5.41) is 7.34. The molecule has 4 rings (SSSR count). The average molecular weight is 530 g/mol. The zero-order valence-corrected chi connectivity index (χ0v) is 21.7. The number of hydrogen-bond acceptors (Lipinski definition) is 8. The maximum atomic E-state index is 15.0. The third-order valence-electron chi connectivity index (χ3n) is 6.32. The molecule has 0 radical (unpaired) electrons. The van der Waals surface area contributed by atoms with Crippen LogP contribution in [-0.4, -0.2) is 66.4 Å². The standard InChI is InChI=1S/C27H34F3N7O/c1-3-6-22-17-37(13-5-14-38-22)26-23(28)11-12-31-27(35-26)36-32-16-21-9-10-24(18(2)33-21)34-20-8-4-7-19(15-20)25(29)30/h4,7-10,15-16,22-23,25,34H,3,5-6,11-14,17H2,1-2H3,(H,31,36)/b32-16+. The van der Waals surface area contributed by atoms with Crippen molar-refractivity contribution in [2.24, 2.45) is 15.1 Å². The number of pyridine rings is 1. The van der Waals surface area contributed by atoms with Gasteiger partial charge in [-0.3, -0.25) is 0 Å². The highest BCUT2D eigenvalue weighted by atomic mass is 19.3. The molecule has 2 unspecified atom stereocenters. The van der Waals surface area contributed by atoms with E-state index in [0.29, 0.717) is 54.8 Å². The summed E-state index contributed by atoms with van der Waals surface area (Å²) in [5.74, 6) is 0.624. The lowest BCUT2D eigenvalue weighted by atomic mass is 10.1. The van der Waals surface area contributed by atoms with Crippen LogP contribution < -0.4 is 10.7 Å². The first kappa shape index (κ1) is 27.6. The Morgan fingerprint density at radius 2 is 2.13 bits per heavy atom. The Bertz CT molecular complexity index is 1170. The zero-order chi connectivity index (χ0) is 26.9. The van der Waals surface area contributed by atoms with Crippen LogP contribution >= 0.6 is 0 Å². The molecule has 1 aromatic heterocycles. The number of guanidine groups is 1. The van der Waals surface area contributed by atoms with E-state index in [0.717, 1.165) is 19.3 Å². The van der Waals surface area contributed by atoms with Gasteiger partial charge in [-0.25, -0.2) is 28.6 Å². The molecule has 11 heteroatoms. The van der Waals surface area contributed by atoms with Gasteiger partial charge < -0.3 is 15.0 Å². The number of ether oxygens (including phenoxy) is 1. The van der Waals surface area contributed by atoms with Crippen molar-refractivity contribution in [2.45, 2.75) is 58.2 Å². The van der Waals surface area contributed by atoms with E-state index in [1.54, 1.807) is 24.3 Å². The summed E-state index contributed by atoms with van der Waals surface area (Å²) in [7, 11) is 0. The summed E-state index contributed by atoms with van der Waals surface area (Å²) < 4.78 is 46.9. The molecule has 38 heavy (non-hydrogen) atoms. The van der Waals surface area contributed by atoms with Crippen LogP contribution in [0.25, 0.3) is 0 Å². The van der Waals surface area contributed by atoms with Gasteiger partial charge in [-0.1, -0.05) is 25.5 Å². The number of amidine groups is 1. The highest BCUT2D eigenvalue weighted by molar-refractivity contribution is 5.99. The van der Waals surface area contributed by atoms with E-state index in [1.165, 1.54) is 18.3 Å². The number of alkyl halides is 3. The number of nitrogens with one attached hydrogen (secondary N) is 2. The Morgan fingerprint density at radius 3 is 2.92 bits per heavy atom. The highest BCUT2D eigenvalue weighted by Crippen LogP contribution is 2.25. The van der Waals surface area contributed by atoms with Crippen molar-refractivity contribution < 1.29 is 17.9 Å². The van der Waals surface area contributed by atoms with Gasteiger partial charge in [0.15, 0.2) is 6.17 Å². The van der Waals surface area contributed by atoms with E-state index in [9.17, 15) is 13.2 Å². The molecular formula is C27H34F3N7O. The number of benzene rings is 1. The second-order valence-electron chi connectivity index (χ2n) is 9.30. The normalized spacial score (nSPS) is 20.6. The molecule has 0 saturated carbocycles. The molecule has 2 aromatic rings. The third-order valence-corrected chi connectivity index (χ3v) is 6.32. The first-order valence-corrected chi connectivity index (χ1v) is 13.0. The SMILES string of the molecule is CCCC1CN(C2=NC(N/N=C/c3ccc(Nc4cccc(C(F)F)c4)c(C)n3)=NCCC2F)CCCO1. The van der Waals surface area contributed by atoms with E-state index < -0.39 is 12.6 Å². The molecule has 0 spiro atoms. The molecule has 8 nitrogen and oxygen atoms in total. The van der Waals surface area contributed by atoms with Gasteiger partial charge in [-0.2, -0.15) is 10.1 Å². The summed E-state index contributed by atoms with van der Waals surface area (Å²) in [4.78, 5) is 15.3. The van der Waals surface area contributed by atoms with Crippen molar-refractivity contribution in [1.29, 1.82) is 0 Å². The Labute approximate surface area is 221 Å². The summed E-state index contributed by atoms with van der Waals surface area (Å²) >= 11 is 0. The van der Waals surface area contributed by atoms with Crippen molar-refractivity contribution in [3.05, 3.63) is 53.3 Å². The maximum absolute atomic E-state index is 15.0. The largest absolute Gasteiger partial charge is 0.376 e. The summed E-state index contributed by atoms with van der Waals surface area (Å²) in [6, 6.07) is 9.66. The van der Waals surface area contributed by atoms with Crippen LogP contribution in [0.15, 0.2) is 51.5 Å². The van der Waals surface area contributed by atoms with Crippen LogP contribution in [0.2, 0.25) is 0 Å². The Kier molecular flexibility index (Phi) is 9.69. The molecule has 0 amide bonds. The molecule has 3 heterocycles. The quantitative estimate of drug-likeness (QED) is 0.372. The number of halogens is 3. The lowest BCUT2D eigenvalue weighted by Crippen LogP contribution is -2.42. The van der Waals surface area contributed by atoms with Gasteiger partial charge in [0.05, 0.1) is 29.4 Å². The molecule has 1 aromatic carbocycles. The van der Waals surface area contributed by atoms with Gasteiger partial charge in [-0.15, -0.1) is 0 Å². The van der Waals surface area contributed by atoms with Crippen molar-refractivity contribution in [3.63, 3.8) is 0 Å². The number of nitrogens with zero attached hydrogens (tertiary/aromatic N) is 5. The van der Waals surface area contributed by atoms with E-state index in [-0.39, 0.29) is 24.0 Å². The maximum Gasteiger partial charge on any atom is 0.263 e. The summed E-state index contributed by atoms with van der Waals surface area (Å²) in [6.45, 7) is 6.19. The lowest BCUT2D eigenvalue weighted by Gasteiger charge is -2.28. The molecule has 204 valence electrons. The van der Waals surface area contributed by atoms with Gasteiger partial charge in [0, 0.05) is 43.9 Å². The highest BCUT2D eigenvalue weighted by Gasteiger charge is 2.28. The minimum Gasteiger partial charge on any atom is -0.376 e. The number of anilines is 2. The van der Waals surface area contributed by atoms with E-state index >= 15 is 0 Å². The Morgan fingerprint density at radius 1 is 1.26 bits per heavy atom. The molecular weight excluding hydrogens is 495 g/mol. The van der Waals surface area contributed by atoms with Gasteiger partial charge in [0.25, 0.3) is 6.43 Å². The number of hydrazone groups is 1. The molecule has 2 aliphatic heterocycles. The van der Waals surface area contributed by atoms with Gasteiger partial charge in [0.2, 0.25) is 5.96 Å². The zero-order valence-electron chi connectivity index (χ0n) is 21.7. The fraction of sp³-hybridized carbons (Fsp3) is 0.481. The lowest BCUT2D eigenvalue weighted by molar-refractivity contribution is 0.0539. The van der Waals surface area contributed by atoms with Gasteiger partial charge in [-0.05, 0) is 44.0 Å². The van der Waals surface area contributed by atoms with Crippen LogP contribution in [-0.2, 0) is 4.74 Å². The van der Waals surface area contributed by atoms with Crippen molar-refractivity contribution >= 4 is 29.4 Å². The molecule has 1 saturated heterocycles. The molecule has 0 aliphatic carbocycles. The van der Waals surface area contributed by atoms with E-state index in [2.05, 4.69) is 37.7 Å². The first-order chi connectivity index (χ1) is 18.4. The Balaban J connectivity index is 1.41.